The van der Waals surface area contributed by atoms with Crippen molar-refractivity contribution in [1.29, 1.82) is 0 Å². The van der Waals surface area contributed by atoms with Crippen LogP contribution in [0.15, 0.2) is 6.07 Å². The van der Waals surface area contributed by atoms with Gasteiger partial charge in [-0.25, -0.2) is 13.4 Å². The van der Waals surface area contributed by atoms with Crippen molar-refractivity contribution in [3.8, 4) is 5.75 Å². The fraction of sp³-hybridized carbons (Fsp3) is 0.562. The van der Waals surface area contributed by atoms with Crippen molar-refractivity contribution in [2.45, 2.75) is 44.0 Å². The molecule has 13 heteroatoms. The minimum Gasteiger partial charge on any atom is -0.506 e. The van der Waals surface area contributed by atoms with Gasteiger partial charge < -0.3 is 15.5 Å². The molecule has 1 amide bonds. The van der Waals surface area contributed by atoms with Gasteiger partial charge in [0.2, 0.25) is 0 Å². The highest BCUT2D eigenvalue weighted by atomic mass is 32.2. The van der Waals surface area contributed by atoms with Crippen LogP contribution in [0, 0.1) is 5.82 Å². The monoisotopic (exact) mass is 441 g/mol. The summed E-state index contributed by atoms with van der Waals surface area (Å²) < 4.78 is 78.2. The number of hydrogen-bond donors (Lipinski definition) is 4. The Bertz CT molecular complexity index is 922. The SMILES string of the molecule is O=C1CN(c2c(O)cc3c(c2F)CC(NCCC(O)C(F)(F)F)CC3)S(=O)(=O)N1. The molecule has 29 heavy (non-hydrogen) atoms. The summed E-state index contributed by atoms with van der Waals surface area (Å²) in [4.78, 5) is 11.4. The number of aryl methyl sites for hydroxylation is 1. The number of hydrogen-bond acceptors (Lipinski definition) is 6. The molecular weight excluding hydrogens is 422 g/mol. The molecule has 1 fully saturated rings. The van der Waals surface area contributed by atoms with Gasteiger partial charge in [0.25, 0.3) is 5.91 Å². The first kappa shape index (κ1) is 21.6. The number of benzene rings is 1. The number of alkyl halides is 3. The number of aliphatic hydroxyl groups excluding tert-OH is 1. The molecule has 1 aliphatic heterocycles. The van der Waals surface area contributed by atoms with Gasteiger partial charge in [0, 0.05) is 6.04 Å². The van der Waals surface area contributed by atoms with Crippen molar-refractivity contribution in [1.82, 2.24) is 10.0 Å². The molecule has 2 unspecified atom stereocenters. The van der Waals surface area contributed by atoms with Crippen molar-refractivity contribution in [2.75, 3.05) is 17.4 Å². The number of nitrogens with zero attached hydrogens (tertiary/aromatic N) is 1. The highest BCUT2D eigenvalue weighted by molar-refractivity contribution is 7.92. The highest BCUT2D eigenvalue weighted by Crippen LogP contribution is 2.39. The number of carbonyl (C=O) groups excluding carboxylic acids is 1. The van der Waals surface area contributed by atoms with E-state index in [9.17, 15) is 31.5 Å². The molecule has 0 saturated carbocycles. The topological polar surface area (TPSA) is 119 Å². The van der Waals surface area contributed by atoms with E-state index in [1.165, 1.54) is 6.07 Å². The first-order chi connectivity index (χ1) is 13.4. The van der Waals surface area contributed by atoms with Gasteiger partial charge >= 0.3 is 16.4 Å². The zero-order chi connectivity index (χ0) is 21.6. The predicted molar refractivity (Wildman–Crippen MR) is 93.0 cm³/mol. The van der Waals surface area contributed by atoms with Gasteiger partial charge in [-0.05, 0) is 49.4 Å². The van der Waals surface area contributed by atoms with Gasteiger partial charge in [0.15, 0.2) is 11.9 Å². The molecule has 0 bridgehead atoms. The van der Waals surface area contributed by atoms with Crippen LogP contribution in [-0.4, -0.2) is 55.9 Å². The Balaban J connectivity index is 1.77. The molecule has 0 aromatic heterocycles. The van der Waals surface area contributed by atoms with E-state index in [2.05, 4.69) is 5.32 Å². The van der Waals surface area contributed by atoms with E-state index >= 15 is 4.39 Å². The Kier molecular flexibility index (Phi) is 5.66. The van der Waals surface area contributed by atoms with E-state index in [1.54, 1.807) is 4.72 Å². The quantitative estimate of drug-likeness (QED) is 0.494. The number of anilines is 1. The molecule has 0 radical (unpaired) electrons. The third-order valence-corrected chi connectivity index (χ3v) is 6.30. The van der Waals surface area contributed by atoms with Gasteiger partial charge in [-0.1, -0.05) is 0 Å². The molecule has 1 aromatic rings. The van der Waals surface area contributed by atoms with Crippen LogP contribution in [0.5, 0.6) is 5.75 Å². The molecule has 1 saturated heterocycles. The van der Waals surface area contributed by atoms with Crippen molar-refractivity contribution >= 4 is 21.8 Å². The third kappa shape index (κ3) is 4.41. The van der Waals surface area contributed by atoms with Crippen LogP contribution in [0.1, 0.15) is 24.0 Å². The summed E-state index contributed by atoms with van der Waals surface area (Å²) in [6.45, 7) is -0.825. The number of amides is 1. The number of nitrogens with one attached hydrogen (secondary N) is 2. The average Bonchev–Trinajstić information content (AvgIpc) is 2.86. The average molecular weight is 441 g/mol. The molecule has 1 heterocycles. The van der Waals surface area contributed by atoms with Crippen molar-refractivity contribution < 1.29 is 41.0 Å². The second-order valence-electron chi connectivity index (χ2n) is 6.97. The zero-order valence-electron chi connectivity index (χ0n) is 15.0. The summed E-state index contributed by atoms with van der Waals surface area (Å²) in [6, 6.07) is 0.833. The molecule has 2 aliphatic rings. The summed E-state index contributed by atoms with van der Waals surface area (Å²) in [5.74, 6) is -2.49. The van der Waals surface area contributed by atoms with Crippen molar-refractivity contribution in [3.05, 3.63) is 23.0 Å². The number of aliphatic hydroxyl groups is 1. The second-order valence-corrected chi connectivity index (χ2v) is 8.57. The van der Waals surface area contributed by atoms with Crippen LogP contribution in [0.3, 0.4) is 0 Å². The maximum atomic E-state index is 15.1. The molecule has 3 rings (SSSR count). The Morgan fingerprint density at radius 2 is 2.07 bits per heavy atom. The van der Waals surface area contributed by atoms with Crippen LogP contribution in [0.2, 0.25) is 0 Å². The van der Waals surface area contributed by atoms with Crippen LogP contribution in [0.25, 0.3) is 0 Å². The molecule has 4 N–H and O–H groups in total. The Morgan fingerprint density at radius 1 is 1.38 bits per heavy atom. The Labute approximate surface area is 163 Å². The maximum absolute atomic E-state index is 15.1. The molecular formula is C16H19F4N3O5S. The van der Waals surface area contributed by atoms with Gasteiger partial charge in [-0.15, -0.1) is 0 Å². The first-order valence-electron chi connectivity index (χ1n) is 8.75. The number of fused-ring (bicyclic) bond motifs is 1. The minimum atomic E-state index is -4.72. The second kappa shape index (κ2) is 7.61. The van der Waals surface area contributed by atoms with Crippen LogP contribution >= 0.6 is 0 Å². The van der Waals surface area contributed by atoms with Crippen LogP contribution in [0.4, 0.5) is 23.2 Å². The summed E-state index contributed by atoms with van der Waals surface area (Å²) in [5.41, 5.74) is -0.0734. The maximum Gasteiger partial charge on any atom is 0.414 e. The van der Waals surface area contributed by atoms with Crippen LogP contribution in [-0.2, 0) is 27.8 Å². The van der Waals surface area contributed by atoms with Crippen molar-refractivity contribution in [2.24, 2.45) is 0 Å². The fourth-order valence-corrected chi connectivity index (χ4v) is 4.65. The summed E-state index contributed by atoms with van der Waals surface area (Å²) in [6.07, 6.45) is -6.93. The van der Waals surface area contributed by atoms with Gasteiger partial charge in [-0.2, -0.15) is 21.6 Å². The standard InChI is InChI=1S/C16H19F4N3O5S/c17-14-10-6-9(21-4-3-12(25)16(18,19)20)2-1-8(10)5-11(24)15(14)23-7-13(26)22-29(23,27)28/h5,9,12,21,24-25H,1-4,6-7H2,(H,22,26). The lowest BCUT2D eigenvalue weighted by molar-refractivity contribution is -0.205. The molecule has 2 atom stereocenters. The third-order valence-electron chi connectivity index (χ3n) is 4.92. The number of aromatic hydroxyl groups is 1. The first-order valence-corrected chi connectivity index (χ1v) is 10.2. The number of phenolic OH excluding ortho intramolecular Hbond substituents is 1. The molecule has 1 aliphatic carbocycles. The van der Waals surface area contributed by atoms with E-state index in [0.29, 0.717) is 22.7 Å². The van der Waals surface area contributed by atoms with Crippen LogP contribution < -0.4 is 14.3 Å². The normalized spacial score (nSPS) is 22.3. The number of carbonyl (C=O) groups is 1. The Morgan fingerprint density at radius 3 is 2.66 bits per heavy atom. The highest BCUT2D eigenvalue weighted by Gasteiger charge is 2.39. The lowest BCUT2D eigenvalue weighted by Crippen LogP contribution is -2.39. The lowest BCUT2D eigenvalue weighted by Gasteiger charge is -2.28. The van der Waals surface area contributed by atoms with Gasteiger partial charge in [0.1, 0.15) is 18.0 Å². The van der Waals surface area contributed by atoms with E-state index in [4.69, 9.17) is 5.11 Å². The van der Waals surface area contributed by atoms with E-state index < -0.39 is 64.7 Å². The summed E-state index contributed by atoms with van der Waals surface area (Å²) >= 11 is 0. The predicted octanol–water partition coefficient (Wildman–Crippen LogP) is 0.472. The Hall–Kier alpha value is -2.12. The summed E-state index contributed by atoms with van der Waals surface area (Å²) in [5, 5.41) is 22.0. The number of rotatable bonds is 5. The van der Waals surface area contributed by atoms with E-state index in [1.807, 2.05) is 0 Å². The smallest absolute Gasteiger partial charge is 0.414 e. The van der Waals surface area contributed by atoms with E-state index in [-0.39, 0.29) is 18.5 Å². The van der Waals surface area contributed by atoms with E-state index in [0.717, 1.165) is 0 Å². The van der Waals surface area contributed by atoms with Gasteiger partial charge in [-0.3, -0.25) is 4.79 Å². The molecule has 0 spiro atoms. The van der Waals surface area contributed by atoms with Crippen molar-refractivity contribution in [3.63, 3.8) is 0 Å². The largest absolute Gasteiger partial charge is 0.506 e. The van der Waals surface area contributed by atoms with Gasteiger partial charge in [0.05, 0.1) is 0 Å². The summed E-state index contributed by atoms with van der Waals surface area (Å²) in [7, 11) is -4.33. The molecule has 1 aromatic carbocycles. The number of phenols is 1. The number of halogens is 4. The zero-order valence-corrected chi connectivity index (χ0v) is 15.8. The minimum absolute atomic E-state index is 0.0474. The fourth-order valence-electron chi connectivity index (χ4n) is 3.48. The molecule has 8 nitrogen and oxygen atoms in total. The molecule has 162 valence electrons. The lowest BCUT2D eigenvalue weighted by atomic mass is 9.87.